The highest BCUT2D eigenvalue weighted by Gasteiger charge is 2.37. The summed E-state index contributed by atoms with van der Waals surface area (Å²) >= 11 is 0. The molecule has 2 heteroatoms. The Labute approximate surface area is 114 Å². The van der Waals surface area contributed by atoms with E-state index in [1.54, 1.807) is 0 Å². The van der Waals surface area contributed by atoms with E-state index in [-0.39, 0.29) is 0 Å². The molecule has 0 aromatic heterocycles. The third kappa shape index (κ3) is 3.96. The molecule has 106 valence electrons. The van der Waals surface area contributed by atoms with Gasteiger partial charge in [-0.25, -0.2) is 0 Å². The third-order valence-electron chi connectivity index (χ3n) is 5.06. The van der Waals surface area contributed by atoms with Crippen LogP contribution in [0.3, 0.4) is 0 Å². The van der Waals surface area contributed by atoms with Crippen LogP contribution in [0.4, 0.5) is 0 Å². The molecule has 1 N–H and O–H groups in total. The zero-order valence-corrected chi connectivity index (χ0v) is 12.5. The van der Waals surface area contributed by atoms with Crippen molar-refractivity contribution in [1.29, 1.82) is 0 Å². The molecule has 0 aromatic carbocycles. The summed E-state index contributed by atoms with van der Waals surface area (Å²) in [5.41, 5.74) is 0. The van der Waals surface area contributed by atoms with Gasteiger partial charge < -0.3 is 10.2 Å². The molecule has 2 atom stereocenters. The van der Waals surface area contributed by atoms with Crippen molar-refractivity contribution in [3.63, 3.8) is 0 Å². The van der Waals surface area contributed by atoms with Gasteiger partial charge in [0.25, 0.3) is 0 Å². The van der Waals surface area contributed by atoms with Gasteiger partial charge in [-0.05, 0) is 45.7 Å². The number of piperidine rings is 1. The van der Waals surface area contributed by atoms with E-state index in [9.17, 15) is 0 Å². The quantitative estimate of drug-likeness (QED) is 0.665. The van der Waals surface area contributed by atoms with E-state index in [4.69, 9.17) is 0 Å². The summed E-state index contributed by atoms with van der Waals surface area (Å²) in [7, 11) is 2.33. The number of rotatable bonds is 8. The van der Waals surface area contributed by atoms with Crippen molar-refractivity contribution in [2.45, 2.75) is 89.3 Å². The largest absolute Gasteiger partial charge is 0.314 e. The normalized spacial score (nSPS) is 32.0. The minimum Gasteiger partial charge on any atom is -0.314 e. The van der Waals surface area contributed by atoms with Crippen LogP contribution in [0.1, 0.15) is 71.1 Å². The van der Waals surface area contributed by atoms with Gasteiger partial charge in [0.2, 0.25) is 0 Å². The maximum absolute atomic E-state index is 3.81. The van der Waals surface area contributed by atoms with Gasteiger partial charge >= 0.3 is 0 Å². The zero-order valence-electron chi connectivity index (χ0n) is 12.5. The highest BCUT2D eigenvalue weighted by molar-refractivity contribution is 4.95. The fraction of sp³-hybridized carbons (Fsp3) is 1.00. The number of hydrogen-bond donors (Lipinski definition) is 1. The van der Waals surface area contributed by atoms with Crippen molar-refractivity contribution in [2.75, 3.05) is 13.6 Å². The molecule has 0 saturated carbocycles. The molecule has 0 aliphatic carbocycles. The van der Waals surface area contributed by atoms with Gasteiger partial charge in [0.15, 0.2) is 0 Å². The number of fused-ring (bicyclic) bond motifs is 2. The van der Waals surface area contributed by atoms with Crippen LogP contribution in [0.2, 0.25) is 0 Å². The molecule has 2 fully saturated rings. The van der Waals surface area contributed by atoms with Crippen LogP contribution in [0.25, 0.3) is 0 Å². The lowest BCUT2D eigenvalue weighted by atomic mass is 9.98. The van der Waals surface area contributed by atoms with Crippen molar-refractivity contribution in [1.82, 2.24) is 10.2 Å². The van der Waals surface area contributed by atoms with Crippen molar-refractivity contribution in [3.05, 3.63) is 0 Å². The van der Waals surface area contributed by atoms with Gasteiger partial charge in [0.05, 0.1) is 0 Å². The topological polar surface area (TPSA) is 15.3 Å². The molecule has 2 aliphatic rings. The Hall–Kier alpha value is -0.0800. The first-order chi connectivity index (χ1) is 8.81. The van der Waals surface area contributed by atoms with Crippen molar-refractivity contribution < 1.29 is 0 Å². The summed E-state index contributed by atoms with van der Waals surface area (Å²) in [5.74, 6) is 0. The molecule has 2 unspecified atom stereocenters. The van der Waals surface area contributed by atoms with E-state index >= 15 is 0 Å². The van der Waals surface area contributed by atoms with Crippen molar-refractivity contribution in [2.24, 2.45) is 0 Å². The maximum atomic E-state index is 3.81. The van der Waals surface area contributed by atoms with Crippen LogP contribution in [0.15, 0.2) is 0 Å². The van der Waals surface area contributed by atoms with Crippen LogP contribution >= 0.6 is 0 Å². The number of nitrogens with zero attached hydrogens (tertiary/aromatic N) is 1. The highest BCUT2D eigenvalue weighted by Crippen LogP contribution is 2.34. The summed E-state index contributed by atoms with van der Waals surface area (Å²) in [6, 6.07) is 2.57. The first kappa shape index (κ1) is 14.3. The monoisotopic (exact) mass is 252 g/mol. The Morgan fingerprint density at radius 3 is 2.22 bits per heavy atom. The molecular weight excluding hydrogens is 220 g/mol. The second-order valence-electron chi connectivity index (χ2n) is 6.44. The summed E-state index contributed by atoms with van der Waals surface area (Å²) in [6.45, 7) is 3.54. The van der Waals surface area contributed by atoms with Crippen LogP contribution in [0, 0.1) is 0 Å². The summed E-state index contributed by atoms with van der Waals surface area (Å²) in [5, 5.41) is 3.81. The van der Waals surface area contributed by atoms with E-state index in [0.717, 1.165) is 18.1 Å². The van der Waals surface area contributed by atoms with Crippen molar-refractivity contribution in [3.8, 4) is 0 Å². The molecule has 0 radical (unpaired) electrons. The van der Waals surface area contributed by atoms with Crippen LogP contribution in [0.5, 0.6) is 0 Å². The van der Waals surface area contributed by atoms with E-state index in [0.29, 0.717) is 0 Å². The summed E-state index contributed by atoms with van der Waals surface area (Å²) in [4.78, 5) is 2.63. The molecular formula is C16H32N2. The molecule has 0 spiro atoms. The predicted molar refractivity (Wildman–Crippen MR) is 79.0 cm³/mol. The van der Waals surface area contributed by atoms with E-state index in [1.807, 2.05) is 0 Å². The number of nitrogens with one attached hydrogen (secondary N) is 1. The maximum Gasteiger partial charge on any atom is 0.0111 e. The number of unbranched alkanes of at least 4 members (excludes halogenated alkanes) is 5. The Morgan fingerprint density at radius 2 is 1.56 bits per heavy atom. The molecule has 2 rings (SSSR count). The second kappa shape index (κ2) is 7.49. The van der Waals surface area contributed by atoms with Gasteiger partial charge in [0, 0.05) is 18.1 Å². The van der Waals surface area contributed by atoms with Gasteiger partial charge in [-0.2, -0.15) is 0 Å². The highest BCUT2D eigenvalue weighted by atomic mass is 15.2. The van der Waals surface area contributed by atoms with E-state index < -0.39 is 0 Å². The minimum atomic E-state index is 0.814. The smallest absolute Gasteiger partial charge is 0.0111 e. The molecule has 2 nitrogen and oxygen atoms in total. The Morgan fingerprint density at radius 1 is 0.944 bits per heavy atom. The number of hydrogen-bond acceptors (Lipinski definition) is 2. The van der Waals surface area contributed by atoms with E-state index in [1.165, 1.54) is 70.8 Å². The third-order valence-corrected chi connectivity index (χ3v) is 5.06. The average molecular weight is 252 g/mol. The molecule has 0 aromatic rings. The fourth-order valence-corrected chi connectivity index (χ4v) is 3.79. The van der Waals surface area contributed by atoms with Gasteiger partial charge in [-0.15, -0.1) is 0 Å². The minimum absolute atomic E-state index is 0.814. The SMILES string of the molecule is CCCCCCCCNC1CC2CCC(C1)N2C. The van der Waals surface area contributed by atoms with Gasteiger partial charge in [-0.3, -0.25) is 0 Å². The Kier molecular flexibility index (Phi) is 5.97. The Balaban J connectivity index is 1.50. The molecule has 0 amide bonds. The van der Waals surface area contributed by atoms with Crippen molar-refractivity contribution >= 4 is 0 Å². The lowest BCUT2D eigenvalue weighted by molar-refractivity contribution is 0.148. The van der Waals surface area contributed by atoms with Gasteiger partial charge in [0.1, 0.15) is 0 Å². The average Bonchev–Trinajstić information content (AvgIpc) is 2.61. The summed E-state index contributed by atoms with van der Waals surface area (Å²) < 4.78 is 0. The first-order valence-electron chi connectivity index (χ1n) is 8.26. The fourth-order valence-electron chi connectivity index (χ4n) is 3.79. The summed E-state index contributed by atoms with van der Waals surface area (Å²) in [6.07, 6.45) is 14.1. The molecule has 2 saturated heterocycles. The van der Waals surface area contributed by atoms with Crippen LogP contribution in [-0.4, -0.2) is 36.6 Å². The molecule has 2 aliphatic heterocycles. The zero-order chi connectivity index (χ0) is 12.8. The lowest BCUT2D eigenvalue weighted by Crippen LogP contribution is -2.47. The predicted octanol–water partition coefficient (Wildman–Crippen LogP) is 3.56. The second-order valence-corrected chi connectivity index (χ2v) is 6.44. The first-order valence-corrected chi connectivity index (χ1v) is 8.26. The molecule has 2 bridgehead atoms. The molecule has 2 heterocycles. The van der Waals surface area contributed by atoms with E-state index in [2.05, 4.69) is 24.2 Å². The Bertz CT molecular complexity index is 215. The lowest BCUT2D eigenvalue weighted by Gasteiger charge is -2.36. The van der Waals surface area contributed by atoms with Gasteiger partial charge in [-0.1, -0.05) is 39.0 Å². The van der Waals surface area contributed by atoms with Crippen LogP contribution < -0.4 is 5.32 Å². The standard InChI is InChI=1S/C16H32N2/c1-3-4-5-6-7-8-11-17-14-12-15-9-10-16(13-14)18(15)2/h14-17H,3-13H2,1-2H3. The van der Waals surface area contributed by atoms with Crippen LogP contribution in [-0.2, 0) is 0 Å². The molecule has 18 heavy (non-hydrogen) atoms.